The number of ether oxygens (including phenoxy) is 1. The molecule has 0 saturated heterocycles. The van der Waals surface area contributed by atoms with Gasteiger partial charge in [-0.15, -0.1) is 0 Å². The third-order valence-electron chi connectivity index (χ3n) is 4.79. The number of nitrogens with zero attached hydrogens (tertiary/aromatic N) is 1. The summed E-state index contributed by atoms with van der Waals surface area (Å²) in [5, 5.41) is 2.99. The summed E-state index contributed by atoms with van der Waals surface area (Å²) in [6.45, 7) is 12.0. The second-order valence-corrected chi connectivity index (χ2v) is 8.96. The van der Waals surface area contributed by atoms with Crippen LogP contribution in [-0.2, 0) is 22.6 Å². The van der Waals surface area contributed by atoms with Gasteiger partial charge in [-0.3, -0.25) is 9.59 Å². The van der Waals surface area contributed by atoms with Gasteiger partial charge in [-0.2, -0.15) is 0 Å². The fraction of sp³-hybridized carbons (Fsp3) is 0.440. The zero-order chi connectivity index (χ0) is 22.5. The van der Waals surface area contributed by atoms with Crippen LogP contribution < -0.4 is 10.1 Å². The number of benzene rings is 2. The molecule has 0 aliphatic heterocycles. The maximum absolute atomic E-state index is 13.3. The lowest BCUT2D eigenvalue weighted by atomic mass is 10.0. The number of nitrogens with one attached hydrogen (secondary N) is 1. The van der Waals surface area contributed by atoms with Gasteiger partial charge < -0.3 is 15.0 Å². The van der Waals surface area contributed by atoms with E-state index in [0.717, 1.165) is 28.0 Å². The molecule has 2 aromatic carbocycles. The Bertz CT molecular complexity index is 879. The molecule has 0 unspecified atom stereocenters. The van der Waals surface area contributed by atoms with Crippen LogP contribution in [0.2, 0.25) is 0 Å². The highest BCUT2D eigenvalue weighted by atomic mass is 16.5. The van der Waals surface area contributed by atoms with Crippen molar-refractivity contribution in [2.45, 2.75) is 66.1 Å². The summed E-state index contributed by atoms with van der Waals surface area (Å²) in [4.78, 5) is 27.8. The van der Waals surface area contributed by atoms with Crippen molar-refractivity contribution in [1.29, 1.82) is 0 Å². The van der Waals surface area contributed by atoms with Crippen LogP contribution in [0.3, 0.4) is 0 Å². The molecule has 5 heteroatoms. The number of aryl methyl sites for hydroxylation is 2. The first-order chi connectivity index (χ1) is 14.0. The first-order valence-electron chi connectivity index (χ1n) is 10.3. The van der Waals surface area contributed by atoms with Gasteiger partial charge in [0.1, 0.15) is 11.8 Å². The Labute approximate surface area is 180 Å². The molecule has 162 valence electrons. The van der Waals surface area contributed by atoms with Gasteiger partial charge >= 0.3 is 0 Å². The molecule has 2 aromatic rings. The highest BCUT2D eigenvalue weighted by molar-refractivity contribution is 5.88. The largest absolute Gasteiger partial charge is 0.497 e. The van der Waals surface area contributed by atoms with Gasteiger partial charge in [0.05, 0.1) is 13.5 Å². The van der Waals surface area contributed by atoms with Crippen LogP contribution in [0.15, 0.2) is 42.5 Å². The lowest BCUT2D eigenvalue weighted by Crippen LogP contribution is -2.52. The lowest BCUT2D eigenvalue weighted by Gasteiger charge is -2.31. The molecule has 5 nitrogen and oxygen atoms in total. The van der Waals surface area contributed by atoms with Crippen LogP contribution in [-0.4, -0.2) is 35.4 Å². The monoisotopic (exact) mass is 410 g/mol. The van der Waals surface area contributed by atoms with E-state index < -0.39 is 6.04 Å². The Balaban J connectivity index is 2.30. The molecule has 0 aromatic heterocycles. The van der Waals surface area contributed by atoms with E-state index in [-0.39, 0.29) is 23.8 Å². The van der Waals surface area contributed by atoms with E-state index >= 15 is 0 Å². The molecule has 0 spiro atoms. The maximum Gasteiger partial charge on any atom is 0.242 e. The number of hydrogen-bond acceptors (Lipinski definition) is 3. The standard InChI is InChI=1S/C25H34N2O3/c1-17-11-18(2)13-21(12-17)15-23(28)27(19(3)24(29)26-25(4,5)6)16-20-9-8-10-22(14-20)30-7/h8-14,19H,15-16H2,1-7H3,(H,26,29)/t19-/m1/s1. The van der Waals surface area contributed by atoms with Gasteiger partial charge in [-0.05, 0) is 64.8 Å². The number of methoxy groups -OCH3 is 1. The third kappa shape index (κ3) is 6.90. The Morgan fingerprint density at radius 1 is 1.03 bits per heavy atom. The van der Waals surface area contributed by atoms with Gasteiger partial charge in [-0.1, -0.05) is 41.5 Å². The molecule has 2 rings (SSSR count). The van der Waals surface area contributed by atoms with Crippen LogP contribution in [0.25, 0.3) is 0 Å². The van der Waals surface area contributed by atoms with Crippen molar-refractivity contribution < 1.29 is 14.3 Å². The average molecular weight is 411 g/mol. The number of carbonyl (C=O) groups excluding carboxylic acids is 2. The smallest absolute Gasteiger partial charge is 0.242 e. The Morgan fingerprint density at radius 3 is 2.23 bits per heavy atom. The van der Waals surface area contributed by atoms with Crippen LogP contribution in [0.5, 0.6) is 5.75 Å². The minimum absolute atomic E-state index is 0.0839. The Morgan fingerprint density at radius 2 is 1.67 bits per heavy atom. The topological polar surface area (TPSA) is 58.6 Å². The summed E-state index contributed by atoms with van der Waals surface area (Å²) in [5.74, 6) is 0.472. The zero-order valence-electron chi connectivity index (χ0n) is 19.2. The molecular formula is C25H34N2O3. The fourth-order valence-corrected chi connectivity index (χ4v) is 3.47. The minimum atomic E-state index is -0.603. The number of carbonyl (C=O) groups is 2. The van der Waals surface area contributed by atoms with Crippen molar-refractivity contribution in [3.05, 3.63) is 64.7 Å². The van der Waals surface area contributed by atoms with Gasteiger partial charge in [0.25, 0.3) is 0 Å². The second-order valence-electron chi connectivity index (χ2n) is 8.96. The van der Waals surface area contributed by atoms with Gasteiger partial charge in [0.15, 0.2) is 0 Å². The van der Waals surface area contributed by atoms with Crippen molar-refractivity contribution in [3.63, 3.8) is 0 Å². The normalized spacial score (nSPS) is 12.2. The molecule has 0 bridgehead atoms. The van der Waals surface area contributed by atoms with E-state index in [4.69, 9.17) is 4.74 Å². The third-order valence-corrected chi connectivity index (χ3v) is 4.79. The molecule has 0 heterocycles. The number of rotatable bonds is 7. The summed E-state index contributed by atoms with van der Waals surface area (Å²) >= 11 is 0. The summed E-state index contributed by atoms with van der Waals surface area (Å²) in [5.41, 5.74) is 3.74. The minimum Gasteiger partial charge on any atom is -0.497 e. The van der Waals surface area contributed by atoms with Crippen molar-refractivity contribution >= 4 is 11.8 Å². The predicted octanol–water partition coefficient (Wildman–Crippen LogP) is 4.19. The fourth-order valence-electron chi connectivity index (χ4n) is 3.47. The molecule has 0 aliphatic rings. The molecule has 0 radical (unpaired) electrons. The molecular weight excluding hydrogens is 376 g/mol. The zero-order valence-corrected chi connectivity index (χ0v) is 19.2. The van der Waals surface area contributed by atoms with E-state index in [2.05, 4.69) is 11.4 Å². The van der Waals surface area contributed by atoms with Gasteiger partial charge in [0, 0.05) is 12.1 Å². The summed E-state index contributed by atoms with van der Waals surface area (Å²) in [6, 6.07) is 13.1. The van der Waals surface area contributed by atoms with Crippen LogP contribution >= 0.6 is 0 Å². The quantitative estimate of drug-likeness (QED) is 0.745. The summed E-state index contributed by atoms with van der Waals surface area (Å²) in [6.07, 6.45) is 0.250. The molecule has 2 amide bonds. The highest BCUT2D eigenvalue weighted by Gasteiger charge is 2.28. The second kappa shape index (κ2) is 9.79. The predicted molar refractivity (Wildman–Crippen MR) is 121 cm³/mol. The highest BCUT2D eigenvalue weighted by Crippen LogP contribution is 2.18. The number of amides is 2. The average Bonchev–Trinajstić information content (AvgIpc) is 2.63. The van der Waals surface area contributed by atoms with Crippen LogP contribution in [0.1, 0.15) is 49.9 Å². The molecule has 1 N–H and O–H groups in total. The molecule has 1 atom stereocenters. The molecule has 0 saturated carbocycles. The summed E-state index contributed by atoms with van der Waals surface area (Å²) in [7, 11) is 1.61. The molecule has 0 fully saturated rings. The van der Waals surface area contributed by atoms with Gasteiger partial charge in [0.2, 0.25) is 11.8 Å². The summed E-state index contributed by atoms with van der Waals surface area (Å²) < 4.78 is 5.31. The van der Waals surface area contributed by atoms with E-state index in [1.54, 1.807) is 18.9 Å². The Hall–Kier alpha value is -2.82. The van der Waals surface area contributed by atoms with E-state index in [9.17, 15) is 9.59 Å². The SMILES string of the molecule is COc1cccc(CN(C(=O)Cc2cc(C)cc(C)c2)[C@H](C)C(=O)NC(C)(C)C)c1. The van der Waals surface area contributed by atoms with Crippen LogP contribution in [0, 0.1) is 13.8 Å². The molecule has 0 aliphatic carbocycles. The van der Waals surface area contributed by atoms with Crippen molar-refractivity contribution in [1.82, 2.24) is 10.2 Å². The first-order valence-corrected chi connectivity index (χ1v) is 10.3. The van der Waals surface area contributed by atoms with Crippen LogP contribution in [0.4, 0.5) is 0 Å². The first kappa shape index (κ1) is 23.5. The van der Waals surface area contributed by atoms with Gasteiger partial charge in [-0.25, -0.2) is 0 Å². The van der Waals surface area contributed by atoms with E-state index in [1.807, 2.05) is 71.0 Å². The Kier molecular flexibility index (Phi) is 7.65. The lowest BCUT2D eigenvalue weighted by molar-refractivity contribution is -0.140. The van der Waals surface area contributed by atoms with Crippen molar-refractivity contribution in [2.24, 2.45) is 0 Å². The number of hydrogen-bond donors (Lipinski definition) is 1. The van der Waals surface area contributed by atoms with E-state index in [1.165, 1.54) is 0 Å². The molecule has 30 heavy (non-hydrogen) atoms. The van der Waals surface area contributed by atoms with E-state index in [0.29, 0.717) is 6.54 Å². The maximum atomic E-state index is 13.3. The van der Waals surface area contributed by atoms with Crippen molar-refractivity contribution in [3.8, 4) is 5.75 Å². The van der Waals surface area contributed by atoms with Crippen molar-refractivity contribution in [2.75, 3.05) is 7.11 Å².